The van der Waals surface area contributed by atoms with Crippen LogP contribution < -0.4 is 5.19 Å². The number of aromatic nitrogens is 3. The SMILES string of the molecule is CC(C)c1cccc(C(C)C)c1-n1c(-c2[c-]cc3oc4ccccc4c3c2)nc2ccccc21.[2H]C([2H])(c1cc(-c2[c-]cccc2)ncc1[Si](C)(C)C)C(C)C.[Ir]. The van der Waals surface area contributed by atoms with Crippen LogP contribution in [0.1, 0.15) is 72.8 Å². The molecule has 0 aliphatic rings. The number of furan rings is 1. The van der Waals surface area contributed by atoms with Crippen LogP contribution in [0.15, 0.2) is 120 Å². The van der Waals surface area contributed by atoms with E-state index in [0.29, 0.717) is 11.8 Å². The van der Waals surface area contributed by atoms with Gasteiger partial charge in [0.05, 0.1) is 30.5 Å². The minimum absolute atomic E-state index is 0. The molecule has 0 unspecified atom stereocenters. The van der Waals surface area contributed by atoms with Crippen LogP contribution in [-0.4, -0.2) is 22.6 Å². The van der Waals surface area contributed by atoms with Gasteiger partial charge in [-0.1, -0.05) is 127 Å². The molecule has 0 aliphatic carbocycles. The zero-order valence-corrected chi connectivity index (χ0v) is 36.7. The molecule has 8 aromatic rings. The quantitative estimate of drug-likeness (QED) is 0.113. The van der Waals surface area contributed by atoms with Gasteiger partial charge in [0.2, 0.25) is 0 Å². The standard InChI is InChI=1S/C31H27N2O.C18H24NSi.Ir/c1-19(2)22-11-9-12-23(20(3)4)30(22)33-27-14-7-6-13-26(27)32-31(33)21-16-17-29-25(18-21)24-10-5-8-15-28(24)34-29;1-14(2)11-16-12-17(15-9-7-6-8-10-15)19-13-18(16)20(3,4)5;/h5-15,17-20H,1-4H3;6-9,12-14H,11H2,1-5H3;/q2*-1;/i;11D2;. The minimum atomic E-state index is -1.67. The van der Waals surface area contributed by atoms with E-state index in [0.717, 1.165) is 66.4 Å². The average molecular weight is 920 g/mol. The van der Waals surface area contributed by atoms with E-state index in [-0.39, 0.29) is 26.0 Å². The first-order chi connectivity index (χ1) is 26.7. The summed E-state index contributed by atoms with van der Waals surface area (Å²) in [6, 6.07) is 43.7. The number of pyridine rings is 1. The number of para-hydroxylation sites is 4. The van der Waals surface area contributed by atoms with Crippen LogP contribution in [-0.2, 0) is 26.5 Å². The number of rotatable bonds is 8. The van der Waals surface area contributed by atoms with Crippen molar-refractivity contribution in [2.45, 2.75) is 79.4 Å². The molecule has 0 atom stereocenters. The fourth-order valence-electron chi connectivity index (χ4n) is 7.19. The molecular weight excluding hydrogens is 867 g/mol. The van der Waals surface area contributed by atoms with Gasteiger partial charge in [-0.2, -0.15) is 0 Å². The molecule has 3 aromatic heterocycles. The Bertz CT molecular complexity index is 2630. The van der Waals surface area contributed by atoms with E-state index in [1.807, 2.05) is 68.6 Å². The van der Waals surface area contributed by atoms with Gasteiger partial charge in [0.1, 0.15) is 5.58 Å². The monoisotopic (exact) mass is 920 g/mol. The van der Waals surface area contributed by atoms with E-state index >= 15 is 0 Å². The molecule has 283 valence electrons. The van der Waals surface area contributed by atoms with Crippen molar-refractivity contribution < 1.29 is 27.3 Å². The molecular formula is C49H51IrN3OSi-2. The van der Waals surface area contributed by atoms with Crippen LogP contribution >= 0.6 is 0 Å². The largest absolute Gasteiger partial charge is 0.500 e. The van der Waals surface area contributed by atoms with E-state index in [4.69, 9.17) is 12.1 Å². The molecule has 0 bridgehead atoms. The fraction of sp³-hybridized carbons (Fsp3) is 0.265. The number of imidazole rings is 1. The van der Waals surface area contributed by atoms with Crippen molar-refractivity contribution in [3.05, 3.63) is 144 Å². The second-order valence-corrected chi connectivity index (χ2v) is 21.1. The summed E-state index contributed by atoms with van der Waals surface area (Å²) in [6.07, 6.45) is 0.528. The van der Waals surface area contributed by atoms with Gasteiger partial charge in [0.25, 0.3) is 0 Å². The molecule has 0 fully saturated rings. The molecule has 5 aromatic carbocycles. The summed E-state index contributed by atoms with van der Waals surface area (Å²) in [6.45, 7) is 19.6. The van der Waals surface area contributed by atoms with Gasteiger partial charge in [0, 0.05) is 40.1 Å². The molecule has 0 N–H and O–H groups in total. The summed E-state index contributed by atoms with van der Waals surface area (Å²) in [7, 11) is -1.67. The van der Waals surface area contributed by atoms with Gasteiger partial charge in [-0.15, -0.1) is 59.7 Å². The van der Waals surface area contributed by atoms with Crippen LogP contribution in [0.2, 0.25) is 19.6 Å². The zero-order valence-electron chi connectivity index (χ0n) is 35.3. The molecule has 1 radical (unpaired) electrons. The molecule has 0 aliphatic heterocycles. The van der Waals surface area contributed by atoms with Crippen molar-refractivity contribution >= 4 is 46.2 Å². The van der Waals surface area contributed by atoms with Crippen molar-refractivity contribution in [2.75, 3.05) is 0 Å². The second kappa shape index (κ2) is 16.6. The van der Waals surface area contributed by atoms with E-state index in [1.54, 1.807) is 0 Å². The van der Waals surface area contributed by atoms with E-state index < -0.39 is 14.4 Å². The summed E-state index contributed by atoms with van der Waals surface area (Å²) >= 11 is 0. The predicted molar refractivity (Wildman–Crippen MR) is 231 cm³/mol. The predicted octanol–water partition coefficient (Wildman–Crippen LogP) is 12.9. The molecule has 0 amide bonds. The Labute approximate surface area is 344 Å². The molecule has 3 heterocycles. The summed E-state index contributed by atoms with van der Waals surface area (Å²) in [5.41, 5.74) is 11.2. The number of hydrogen-bond donors (Lipinski definition) is 0. The van der Waals surface area contributed by atoms with Crippen molar-refractivity contribution in [2.24, 2.45) is 5.92 Å². The number of fused-ring (bicyclic) bond motifs is 4. The van der Waals surface area contributed by atoms with Crippen molar-refractivity contribution in [3.63, 3.8) is 0 Å². The van der Waals surface area contributed by atoms with Gasteiger partial charge in [-0.25, -0.2) is 0 Å². The summed E-state index contributed by atoms with van der Waals surface area (Å²) < 4.78 is 25.5. The van der Waals surface area contributed by atoms with E-state index in [1.165, 1.54) is 16.8 Å². The first-order valence-electron chi connectivity index (χ1n) is 20.1. The third-order valence-corrected chi connectivity index (χ3v) is 11.8. The zero-order chi connectivity index (χ0) is 39.9. The third kappa shape index (κ3) is 8.33. The van der Waals surface area contributed by atoms with Gasteiger partial charge in [0.15, 0.2) is 0 Å². The van der Waals surface area contributed by atoms with Crippen molar-refractivity contribution in [3.8, 4) is 28.3 Å². The Kier molecular flexibility index (Phi) is 11.3. The number of benzene rings is 5. The van der Waals surface area contributed by atoms with Crippen LogP contribution in [0.25, 0.3) is 61.3 Å². The first-order valence-corrected chi connectivity index (χ1v) is 22.6. The van der Waals surface area contributed by atoms with E-state index in [9.17, 15) is 0 Å². The maximum absolute atomic E-state index is 8.55. The molecule has 0 saturated heterocycles. The maximum atomic E-state index is 8.55. The van der Waals surface area contributed by atoms with E-state index in [2.05, 4.69) is 130 Å². The van der Waals surface area contributed by atoms with Crippen LogP contribution in [0.3, 0.4) is 0 Å². The molecule has 0 saturated carbocycles. The number of nitrogens with zero attached hydrogens (tertiary/aromatic N) is 3. The fourth-order valence-corrected chi connectivity index (χ4v) is 8.59. The molecule has 6 heteroatoms. The summed E-state index contributed by atoms with van der Waals surface area (Å²) in [5, 5.41) is 3.30. The average Bonchev–Trinajstić information content (AvgIpc) is 3.76. The van der Waals surface area contributed by atoms with Crippen molar-refractivity contribution in [1.29, 1.82) is 0 Å². The Hall–Kier alpha value is -4.61. The Morgan fingerprint density at radius 3 is 2.11 bits per heavy atom. The van der Waals surface area contributed by atoms with Gasteiger partial charge >= 0.3 is 0 Å². The Morgan fingerprint density at radius 2 is 1.44 bits per heavy atom. The second-order valence-electron chi connectivity index (χ2n) is 16.0. The summed E-state index contributed by atoms with van der Waals surface area (Å²) in [5.74, 6) is 1.58. The molecule has 8 rings (SSSR count). The smallest absolute Gasteiger partial charge is 0.120 e. The first kappa shape index (κ1) is 37.3. The normalized spacial score (nSPS) is 12.6. The molecule has 0 spiro atoms. The van der Waals surface area contributed by atoms with Crippen LogP contribution in [0, 0.1) is 18.1 Å². The summed E-state index contributed by atoms with van der Waals surface area (Å²) in [4.78, 5) is 9.72. The van der Waals surface area contributed by atoms with Gasteiger partial charge in [-0.05, 0) is 64.3 Å². The van der Waals surface area contributed by atoms with Gasteiger partial charge < -0.3 is 14.0 Å². The Balaban J connectivity index is 0.000000208. The molecule has 55 heavy (non-hydrogen) atoms. The molecule has 4 nitrogen and oxygen atoms in total. The topological polar surface area (TPSA) is 43.9 Å². The van der Waals surface area contributed by atoms with Crippen LogP contribution in [0.5, 0.6) is 0 Å². The van der Waals surface area contributed by atoms with Gasteiger partial charge in [-0.3, -0.25) is 4.98 Å². The number of hydrogen-bond acceptors (Lipinski definition) is 3. The maximum Gasteiger partial charge on any atom is 0.120 e. The third-order valence-electron chi connectivity index (χ3n) is 9.82. The van der Waals surface area contributed by atoms with Crippen LogP contribution in [0.4, 0.5) is 0 Å². The Morgan fingerprint density at radius 1 is 0.745 bits per heavy atom. The minimum Gasteiger partial charge on any atom is -0.500 e. The van der Waals surface area contributed by atoms with Crippen molar-refractivity contribution in [1.82, 2.24) is 14.5 Å².